The van der Waals surface area contributed by atoms with Gasteiger partial charge in [0.05, 0.1) is 12.6 Å². The number of carbonyl (C=O) groups excluding carboxylic acids is 1. The van der Waals surface area contributed by atoms with E-state index in [1.165, 1.54) is 0 Å². The van der Waals surface area contributed by atoms with Crippen LogP contribution in [0.5, 0.6) is 5.75 Å². The maximum absolute atomic E-state index is 11.9. The Morgan fingerprint density at radius 1 is 1.62 bits per heavy atom. The molecular weight excluding hydrogens is 202 g/mol. The van der Waals surface area contributed by atoms with Crippen LogP contribution in [-0.4, -0.2) is 18.4 Å². The quantitative estimate of drug-likeness (QED) is 0.617. The minimum Gasteiger partial charge on any atom is -0.493 e. The van der Waals surface area contributed by atoms with Crippen molar-refractivity contribution < 1.29 is 9.53 Å². The molecule has 1 heterocycles. The van der Waals surface area contributed by atoms with Crippen LogP contribution in [0, 0.1) is 0 Å². The van der Waals surface area contributed by atoms with Crippen molar-refractivity contribution in [1.29, 1.82) is 0 Å². The molecule has 0 amide bonds. The molecule has 0 fully saturated rings. The topological polar surface area (TPSA) is 52.3 Å². The molecule has 84 valence electrons. The number of ketones is 1. The van der Waals surface area contributed by atoms with Gasteiger partial charge in [-0.1, -0.05) is 6.08 Å². The molecule has 1 aromatic rings. The molecule has 3 heteroatoms. The average Bonchev–Trinajstić information content (AvgIpc) is 2.75. The summed E-state index contributed by atoms with van der Waals surface area (Å²) in [7, 11) is 0. The smallest absolute Gasteiger partial charge is 0.179 e. The zero-order valence-corrected chi connectivity index (χ0v) is 9.11. The zero-order chi connectivity index (χ0) is 11.5. The minimum atomic E-state index is -0.488. The van der Waals surface area contributed by atoms with Crippen LogP contribution in [0.4, 0.5) is 0 Å². The molecule has 1 unspecified atom stereocenters. The van der Waals surface area contributed by atoms with Crippen LogP contribution in [0.3, 0.4) is 0 Å². The fourth-order valence-corrected chi connectivity index (χ4v) is 1.84. The summed E-state index contributed by atoms with van der Waals surface area (Å²) in [4.78, 5) is 11.9. The highest BCUT2D eigenvalue weighted by Gasteiger charge is 2.18. The highest BCUT2D eigenvalue weighted by Crippen LogP contribution is 2.26. The summed E-state index contributed by atoms with van der Waals surface area (Å²) >= 11 is 0. The van der Waals surface area contributed by atoms with Crippen LogP contribution >= 0.6 is 0 Å². The van der Waals surface area contributed by atoms with Crippen LogP contribution in [0.1, 0.15) is 22.3 Å². The predicted molar refractivity (Wildman–Crippen MR) is 62.8 cm³/mol. The third kappa shape index (κ3) is 1.99. The minimum absolute atomic E-state index is 0.0328. The standard InChI is InChI=1S/C13H15NO2/c1-2-3-11(14)13(15)10-4-5-12-9(8-10)6-7-16-12/h2,4-5,8,11H,1,3,6-7,14H2. The molecule has 0 radical (unpaired) electrons. The number of benzene rings is 1. The number of carbonyl (C=O) groups is 1. The lowest BCUT2D eigenvalue weighted by Crippen LogP contribution is -2.29. The van der Waals surface area contributed by atoms with E-state index < -0.39 is 6.04 Å². The lowest BCUT2D eigenvalue weighted by atomic mass is 10.00. The monoisotopic (exact) mass is 217 g/mol. The Labute approximate surface area is 94.9 Å². The fraction of sp³-hybridized carbons (Fsp3) is 0.308. The van der Waals surface area contributed by atoms with Gasteiger partial charge in [-0.25, -0.2) is 0 Å². The van der Waals surface area contributed by atoms with Crippen LogP contribution in [0.25, 0.3) is 0 Å². The Hall–Kier alpha value is -1.61. The molecule has 1 aromatic carbocycles. The van der Waals surface area contributed by atoms with Crippen LogP contribution < -0.4 is 10.5 Å². The van der Waals surface area contributed by atoms with E-state index in [4.69, 9.17) is 10.5 Å². The van der Waals surface area contributed by atoms with Gasteiger partial charge in [0, 0.05) is 12.0 Å². The Morgan fingerprint density at radius 2 is 2.44 bits per heavy atom. The van der Waals surface area contributed by atoms with Gasteiger partial charge in [0.15, 0.2) is 5.78 Å². The normalized spacial score (nSPS) is 15.1. The van der Waals surface area contributed by atoms with Gasteiger partial charge in [-0.05, 0) is 30.2 Å². The molecule has 16 heavy (non-hydrogen) atoms. The summed E-state index contributed by atoms with van der Waals surface area (Å²) in [5.41, 5.74) is 7.51. The van der Waals surface area contributed by atoms with E-state index in [1.807, 2.05) is 12.1 Å². The van der Waals surface area contributed by atoms with Gasteiger partial charge in [0.25, 0.3) is 0 Å². The van der Waals surface area contributed by atoms with E-state index in [0.29, 0.717) is 18.6 Å². The summed E-state index contributed by atoms with van der Waals surface area (Å²) in [5, 5.41) is 0. The van der Waals surface area contributed by atoms with Crippen LogP contribution in [0.2, 0.25) is 0 Å². The molecule has 3 nitrogen and oxygen atoms in total. The van der Waals surface area contributed by atoms with Crippen molar-refractivity contribution in [2.45, 2.75) is 18.9 Å². The van der Waals surface area contributed by atoms with E-state index >= 15 is 0 Å². The van der Waals surface area contributed by atoms with Crippen LogP contribution in [-0.2, 0) is 6.42 Å². The van der Waals surface area contributed by atoms with Crippen molar-refractivity contribution in [3.63, 3.8) is 0 Å². The van der Waals surface area contributed by atoms with Crippen molar-refractivity contribution >= 4 is 5.78 Å². The number of hydrogen-bond donors (Lipinski definition) is 1. The maximum Gasteiger partial charge on any atom is 0.179 e. The molecule has 0 bridgehead atoms. The molecular formula is C13H15NO2. The highest BCUT2D eigenvalue weighted by atomic mass is 16.5. The number of rotatable bonds is 4. The Balaban J connectivity index is 2.21. The van der Waals surface area contributed by atoms with E-state index in [1.54, 1.807) is 12.1 Å². The number of hydrogen-bond acceptors (Lipinski definition) is 3. The fourth-order valence-electron chi connectivity index (χ4n) is 1.84. The van der Waals surface area contributed by atoms with Crippen molar-refractivity contribution in [2.24, 2.45) is 5.73 Å². The summed E-state index contributed by atoms with van der Waals surface area (Å²) in [6, 6.07) is 5.01. The molecule has 0 aliphatic carbocycles. The molecule has 1 aliphatic rings. The van der Waals surface area contributed by atoms with E-state index in [-0.39, 0.29) is 5.78 Å². The van der Waals surface area contributed by atoms with Crippen LogP contribution in [0.15, 0.2) is 30.9 Å². The van der Waals surface area contributed by atoms with Gasteiger partial charge >= 0.3 is 0 Å². The molecule has 2 rings (SSSR count). The first-order chi connectivity index (χ1) is 7.72. The zero-order valence-electron chi connectivity index (χ0n) is 9.11. The summed E-state index contributed by atoms with van der Waals surface area (Å²) in [6.07, 6.45) is 3.04. The highest BCUT2D eigenvalue weighted by molar-refractivity contribution is 6.00. The summed E-state index contributed by atoms with van der Waals surface area (Å²) in [6.45, 7) is 4.28. The van der Waals surface area contributed by atoms with Crippen molar-refractivity contribution in [3.05, 3.63) is 42.0 Å². The summed E-state index contributed by atoms with van der Waals surface area (Å²) in [5.74, 6) is 0.850. The predicted octanol–water partition coefficient (Wildman–Crippen LogP) is 1.71. The lowest BCUT2D eigenvalue weighted by Gasteiger charge is -2.08. The third-order valence-electron chi connectivity index (χ3n) is 2.73. The van der Waals surface area contributed by atoms with Gasteiger partial charge in [0.2, 0.25) is 0 Å². The molecule has 2 N–H and O–H groups in total. The number of ether oxygens (including phenoxy) is 1. The number of nitrogens with two attached hydrogens (primary N) is 1. The van der Waals surface area contributed by atoms with Crippen molar-refractivity contribution in [2.75, 3.05) is 6.61 Å². The molecule has 0 saturated carbocycles. The lowest BCUT2D eigenvalue weighted by molar-refractivity contribution is 0.0962. The summed E-state index contributed by atoms with van der Waals surface area (Å²) < 4.78 is 5.38. The van der Waals surface area contributed by atoms with E-state index in [0.717, 1.165) is 17.7 Å². The largest absolute Gasteiger partial charge is 0.493 e. The molecule has 0 saturated heterocycles. The molecule has 1 aliphatic heterocycles. The average molecular weight is 217 g/mol. The van der Waals surface area contributed by atoms with E-state index in [9.17, 15) is 4.79 Å². The SMILES string of the molecule is C=CCC(N)C(=O)c1ccc2c(c1)CCO2. The first-order valence-corrected chi connectivity index (χ1v) is 5.39. The Morgan fingerprint density at radius 3 is 3.19 bits per heavy atom. The van der Waals surface area contributed by atoms with Crippen molar-refractivity contribution in [3.8, 4) is 5.75 Å². The van der Waals surface area contributed by atoms with Gasteiger partial charge < -0.3 is 10.5 Å². The third-order valence-corrected chi connectivity index (χ3v) is 2.73. The second kappa shape index (κ2) is 4.49. The maximum atomic E-state index is 11.9. The molecule has 0 aromatic heterocycles. The van der Waals surface area contributed by atoms with Crippen molar-refractivity contribution in [1.82, 2.24) is 0 Å². The van der Waals surface area contributed by atoms with Gasteiger partial charge in [-0.3, -0.25) is 4.79 Å². The second-order valence-electron chi connectivity index (χ2n) is 3.92. The second-order valence-corrected chi connectivity index (χ2v) is 3.92. The Bertz CT molecular complexity index is 426. The Kier molecular flexibility index (Phi) is 3.06. The van der Waals surface area contributed by atoms with E-state index in [2.05, 4.69) is 6.58 Å². The first kappa shape index (κ1) is 10.9. The first-order valence-electron chi connectivity index (χ1n) is 5.39. The molecule has 0 spiro atoms. The van der Waals surface area contributed by atoms with Gasteiger partial charge in [-0.15, -0.1) is 6.58 Å². The number of fused-ring (bicyclic) bond motifs is 1. The number of Topliss-reactive ketones (excluding diaryl/α,β-unsaturated/α-hetero) is 1. The molecule has 1 atom stereocenters. The van der Waals surface area contributed by atoms with Gasteiger partial charge in [-0.2, -0.15) is 0 Å². The van der Waals surface area contributed by atoms with Gasteiger partial charge in [0.1, 0.15) is 5.75 Å².